The van der Waals surface area contributed by atoms with Gasteiger partial charge in [0.25, 0.3) is 0 Å². The second-order valence-corrected chi connectivity index (χ2v) is 21.4. The first-order chi connectivity index (χ1) is 31.2. The predicted molar refractivity (Wildman–Crippen MR) is 277 cm³/mol. The van der Waals surface area contributed by atoms with Gasteiger partial charge in [0, 0.05) is 0 Å². The Balaban J connectivity index is 0.000000132. The van der Waals surface area contributed by atoms with Crippen LogP contribution in [-0.4, -0.2) is 9.52 Å². The van der Waals surface area contributed by atoms with E-state index in [2.05, 4.69) is 230 Å². The molecule has 0 amide bonds. The maximum absolute atomic E-state index is 4.93. The van der Waals surface area contributed by atoms with E-state index in [9.17, 15) is 0 Å². The summed E-state index contributed by atoms with van der Waals surface area (Å²) in [5, 5.41) is 8.11. The van der Waals surface area contributed by atoms with Crippen molar-refractivity contribution in [2.24, 2.45) is 0 Å². The van der Waals surface area contributed by atoms with E-state index in [1.807, 2.05) is 6.07 Å². The molecule has 0 nitrogen and oxygen atoms in total. The van der Waals surface area contributed by atoms with Crippen LogP contribution >= 0.6 is 17.0 Å². The molecule has 0 aliphatic carbocycles. The SMILES string of the molecule is Cc1ccc(-c2cccc3[cH-]c(-c4ccccc4)cc23)c(C)c1C.Cc1ccc(-c2cccc3[cH-]c(-c4ccccc4)cc23)c(C)c1C.[Cl][Zr][Cl].[c-]1cccc2c1[Si]c1ccccc1-2. The molecular formula is C60H49Cl2SiZr-3. The molecule has 0 fully saturated rings. The standard InChI is InChI=1S/2C24H21.C12H7Si.2ClH.Zr/c2*1-16-12-13-22(18(3)17(16)2)23-11-7-10-20-14-21(15-24(20)23)19-8-5-4-6-9-19;1-3-7-11-9(5-1)10-6-2-4-8-12(10)13-11;;;/h2*4-15H,1-3H3;1-7H;2*1H;/q3*-1;;;+2/p-2. The van der Waals surface area contributed by atoms with Gasteiger partial charge in [-0.3, -0.25) is 0 Å². The first kappa shape index (κ1) is 45.2. The molecule has 64 heavy (non-hydrogen) atoms. The first-order valence-electron chi connectivity index (χ1n) is 21.6. The molecule has 2 radical (unpaired) electrons. The van der Waals surface area contributed by atoms with Crippen LogP contribution in [0.1, 0.15) is 33.4 Å². The number of fused-ring (bicyclic) bond motifs is 5. The summed E-state index contributed by atoms with van der Waals surface area (Å²) in [6.45, 7) is 13.3. The van der Waals surface area contributed by atoms with E-state index in [-0.39, 0.29) is 0 Å². The van der Waals surface area contributed by atoms with Crippen molar-refractivity contribution in [3.05, 3.63) is 228 Å². The molecule has 0 atom stereocenters. The summed E-state index contributed by atoms with van der Waals surface area (Å²) in [4.78, 5) is 0. The second kappa shape index (κ2) is 20.7. The molecular weight excluding hydrogens is 911 g/mol. The van der Waals surface area contributed by atoms with Gasteiger partial charge in [-0.25, -0.2) is 0 Å². The molecule has 0 N–H and O–H groups in total. The zero-order valence-corrected chi connectivity index (χ0v) is 42.1. The van der Waals surface area contributed by atoms with Crippen molar-refractivity contribution in [3.8, 4) is 55.6 Å². The van der Waals surface area contributed by atoms with Gasteiger partial charge in [-0.2, -0.15) is 29.5 Å². The van der Waals surface area contributed by atoms with E-state index in [1.54, 1.807) is 0 Å². The van der Waals surface area contributed by atoms with Gasteiger partial charge in [0.1, 0.15) is 0 Å². The van der Waals surface area contributed by atoms with Gasteiger partial charge < -0.3 is 0 Å². The van der Waals surface area contributed by atoms with Gasteiger partial charge in [0.05, 0.1) is 9.52 Å². The van der Waals surface area contributed by atoms with Gasteiger partial charge in [0.2, 0.25) is 0 Å². The number of rotatable bonds is 4. The largest absolute Gasteiger partial charge is 0.184 e. The summed E-state index contributed by atoms with van der Waals surface area (Å²) < 4.78 is 0. The summed E-state index contributed by atoms with van der Waals surface area (Å²) in [7, 11) is 10.7. The minimum absolute atomic E-state index is 0.795. The first-order valence-corrected chi connectivity index (χ1v) is 29.0. The van der Waals surface area contributed by atoms with Crippen molar-refractivity contribution in [2.75, 3.05) is 0 Å². The number of hydrogen-bond donors (Lipinski definition) is 0. The Morgan fingerprint density at radius 1 is 0.422 bits per heavy atom. The molecule has 1 heterocycles. The Bertz CT molecular complexity index is 2980. The molecule has 4 heteroatoms. The zero-order valence-electron chi connectivity index (χ0n) is 37.2. The summed E-state index contributed by atoms with van der Waals surface area (Å²) in [5.41, 5.74) is 21.5. The van der Waals surface area contributed by atoms with Crippen LogP contribution in [0.3, 0.4) is 0 Å². The predicted octanol–water partition coefficient (Wildman–Crippen LogP) is 16.1. The third-order valence-electron chi connectivity index (χ3n) is 12.7. The van der Waals surface area contributed by atoms with Crippen LogP contribution in [0, 0.1) is 47.6 Å². The molecule has 0 spiro atoms. The van der Waals surface area contributed by atoms with Gasteiger partial charge in [-0.05, 0) is 86.1 Å². The minimum atomic E-state index is -0.826. The maximum Gasteiger partial charge on any atom is 0.0920 e. The van der Waals surface area contributed by atoms with Crippen molar-refractivity contribution in [2.45, 2.75) is 41.5 Å². The summed E-state index contributed by atoms with van der Waals surface area (Å²) in [6, 6.07) is 70.9. The van der Waals surface area contributed by atoms with Gasteiger partial charge >= 0.3 is 37.9 Å². The van der Waals surface area contributed by atoms with Gasteiger partial charge in [-0.15, -0.1) is 74.6 Å². The minimum Gasteiger partial charge on any atom is -0.184 e. The smallest absolute Gasteiger partial charge is 0.0920 e. The van der Waals surface area contributed by atoms with Crippen molar-refractivity contribution in [1.82, 2.24) is 0 Å². The Labute approximate surface area is 400 Å². The van der Waals surface area contributed by atoms with Crippen LogP contribution in [0.15, 0.2) is 188 Å². The molecule has 0 unspecified atom stereocenters. The van der Waals surface area contributed by atoms with Crippen molar-refractivity contribution in [1.29, 1.82) is 0 Å². The zero-order chi connectivity index (χ0) is 44.7. The Hall–Kier alpha value is -5.34. The van der Waals surface area contributed by atoms with E-state index in [1.165, 1.54) is 121 Å². The molecule has 1 aliphatic rings. The molecule has 10 aromatic carbocycles. The third-order valence-corrected chi connectivity index (χ3v) is 14.1. The molecule has 314 valence electrons. The van der Waals surface area contributed by atoms with Crippen LogP contribution in [0.2, 0.25) is 0 Å². The number of halogens is 2. The molecule has 0 aromatic heterocycles. The van der Waals surface area contributed by atoms with E-state index in [0.717, 1.165) is 9.52 Å². The Morgan fingerprint density at radius 2 is 0.859 bits per heavy atom. The van der Waals surface area contributed by atoms with Crippen molar-refractivity contribution < 1.29 is 20.8 Å². The maximum atomic E-state index is 4.93. The monoisotopic (exact) mass is 957 g/mol. The summed E-state index contributed by atoms with van der Waals surface area (Å²) in [5.74, 6) is 0. The Kier molecular flexibility index (Phi) is 14.6. The molecule has 0 saturated carbocycles. The van der Waals surface area contributed by atoms with Gasteiger partial charge in [0.15, 0.2) is 0 Å². The molecule has 0 saturated heterocycles. The van der Waals surface area contributed by atoms with Crippen LogP contribution < -0.4 is 10.4 Å². The normalized spacial score (nSPS) is 11.1. The van der Waals surface area contributed by atoms with E-state index >= 15 is 0 Å². The average molecular weight is 960 g/mol. The van der Waals surface area contributed by atoms with E-state index in [4.69, 9.17) is 17.0 Å². The van der Waals surface area contributed by atoms with E-state index < -0.39 is 20.8 Å². The van der Waals surface area contributed by atoms with Crippen LogP contribution in [0.5, 0.6) is 0 Å². The summed E-state index contributed by atoms with van der Waals surface area (Å²) in [6.07, 6.45) is 0. The molecule has 1 aliphatic heterocycles. The Morgan fingerprint density at radius 3 is 1.36 bits per heavy atom. The van der Waals surface area contributed by atoms with E-state index in [0.29, 0.717) is 0 Å². The van der Waals surface area contributed by atoms with Crippen LogP contribution in [0.25, 0.3) is 77.2 Å². The second-order valence-electron chi connectivity index (χ2n) is 16.4. The number of hydrogen-bond acceptors (Lipinski definition) is 0. The fourth-order valence-electron chi connectivity index (χ4n) is 8.76. The number of benzene rings is 8. The van der Waals surface area contributed by atoms with Crippen LogP contribution in [0.4, 0.5) is 0 Å². The quantitative estimate of drug-likeness (QED) is 0.122. The average Bonchev–Trinajstić information content (AvgIpc) is 4.08. The topological polar surface area (TPSA) is 0 Å². The number of aryl methyl sites for hydroxylation is 2. The summed E-state index contributed by atoms with van der Waals surface area (Å²) >= 11 is -0.826. The van der Waals surface area contributed by atoms with Gasteiger partial charge in [-0.1, -0.05) is 166 Å². The molecule has 11 rings (SSSR count). The van der Waals surface area contributed by atoms with Crippen LogP contribution in [-0.2, 0) is 20.8 Å². The van der Waals surface area contributed by atoms with Crippen molar-refractivity contribution in [3.63, 3.8) is 0 Å². The third kappa shape index (κ3) is 9.68. The fraction of sp³-hybridized carbons (Fsp3) is 0.100. The fourth-order valence-corrected chi connectivity index (χ4v) is 10.1. The molecule has 10 aromatic rings. The molecule has 0 bridgehead atoms. The van der Waals surface area contributed by atoms with Crippen molar-refractivity contribution >= 4 is 58.5 Å².